The van der Waals surface area contributed by atoms with E-state index in [0.717, 1.165) is 13.0 Å². The van der Waals surface area contributed by atoms with Gasteiger partial charge in [0.15, 0.2) is 0 Å². The minimum Gasteiger partial charge on any atom is -0.345 e. The van der Waals surface area contributed by atoms with Gasteiger partial charge in [0.25, 0.3) is 0 Å². The molecular formula is C17H24N2O2. The van der Waals surface area contributed by atoms with Crippen LogP contribution in [0.5, 0.6) is 0 Å². The lowest BCUT2D eigenvalue weighted by Crippen LogP contribution is -2.48. The van der Waals surface area contributed by atoms with E-state index in [1.54, 1.807) is 6.92 Å². The Morgan fingerprint density at radius 1 is 1.19 bits per heavy atom. The molecule has 0 fully saturated rings. The quantitative estimate of drug-likeness (QED) is 0.922. The van der Waals surface area contributed by atoms with Crippen LogP contribution in [0.3, 0.4) is 0 Å². The van der Waals surface area contributed by atoms with Crippen molar-refractivity contribution in [1.82, 2.24) is 10.2 Å². The highest BCUT2D eigenvalue weighted by atomic mass is 16.2. The fourth-order valence-corrected chi connectivity index (χ4v) is 2.69. The van der Waals surface area contributed by atoms with Crippen molar-refractivity contribution in [3.63, 3.8) is 0 Å². The van der Waals surface area contributed by atoms with Crippen molar-refractivity contribution in [2.75, 3.05) is 6.54 Å². The summed E-state index contributed by atoms with van der Waals surface area (Å²) in [5.41, 5.74) is 2.52. The van der Waals surface area contributed by atoms with Crippen LogP contribution in [0.15, 0.2) is 24.3 Å². The molecule has 0 unspecified atom stereocenters. The van der Waals surface area contributed by atoms with E-state index >= 15 is 0 Å². The topological polar surface area (TPSA) is 49.4 Å². The van der Waals surface area contributed by atoms with Crippen molar-refractivity contribution < 1.29 is 9.59 Å². The fourth-order valence-electron chi connectivity index (χ4n) is 2.69. The standard InChI is InChI=1S/C17H24N2O2/c1-12(2)10-16(20)18-13(3)17(21)19-9-8-14-6-4-5-7-15(14)11-19/h4-7,12-13H,8-11H2,1-3H3,(H,18,20)/t13-/m0/s1. The maximum absolute atomic E-state index is 12.4. The zero-order valence-electron chi connectivity index (χ0n) is 13.1. The van der Waals surface area contributed by atoms with E-state index in [1.807, 2.05) is 30.9 Å². The van der Waals surface area contributed by atoms with Crippen molar-refractivity contribution in [2.24, 2.45) is 5.92 Å². The van der Waals surface area contributed by atoms with Crippen LogP contribution in [0.2, 0.25) is 0 Å². The Hall–Kier alpha value is -1.84. The summed E-state index contributed by atoms with van der Waals surface area (Å²) < 4.78 is 0. The van der Waals surface area contributed by atoms with Crippen LogP contribution >= 0.6 is 0 Å². The average molecular weight is 288 g/mol. The lowest BCUT2D eigenvalue weighted by Gasteiger charge is -2.31. The number of fused-ring (bicyclic) bond motifs is 1. The molecular weight excluding hydrogens is 264 g/mol. The first-order valence-electron chi connectivity index (χ1n) is 7.62. The molecule has 1 heterocycles. The van der Waals surface area contributed by atoms with Crippen LogP contribution in [0.25, 0.3) is 0 Å². The molecule has 21 heavy (non-hydrogen) atoms. The first-order valence-corrected chi connectivity index (χ1v) is 7.62. The molecule has 1 aliphatic heterocycles. The molecule has 4 nitrogen and oxygen atoms in total. The number of rotatable bonds is 4. The second-order valence-corrected chi connectivity index (χ2v) is 6.17. The number of hydrogen-bond acceptors (Lipinski definition) is 2. The predicted molar refractivity (Wildman–Crippen MR) is 82.6 cm³/mol. The van der Waals surface area contributed by atoms with E-state index in [9.17, 15) is 9.59 Å². The Kier molecular flexibility index (Phi) is 4.99. The summed E-state index contributed by atoms with van der Waals surface area (Å²) in [5, 5.41) is 2.80. The Balaban J connectivity index is 1.93. The second kappa shape index (κ2) is 6.74. The zero-order chi connectivity index (χ0) is 15.4. The summed E-state index contributed by atoms with van der Waals surface area (Å²) in [4.78, 5) is 26.0. The highest BCUT2D eigenvalue weighted by molar-refractivity contribution is 5.87. The maximum atomic E-state index is 12.4. The number of nitrogens with zero attached hydrogens (tertiary/aromatic N) is 1. The number of carbonyl (C=O) groups excluding carboxylic acids is 2. The van der Waals surface area contributed by atoms with E-state index in [1.165, 1.54) is 11.1 Å². The van der Waals surface area contributed by atoms with Crippen LogP contribution in [0, 0.1) is 5.92 Å². The molecule has 0 aromatic heterocycles. The summed E-state index contributed by atoms with van der Waals surface area (Å²) in [6.07, 6.45) is 1.34. The predicted octanol–water partition coefficient (Wildman–Crippen LogP) is 2.12. The Morgan fingerprint density at radius 3 is 2.52 bits per heavy atom. The maximum Gasteiger partial charge on any atom is 0.245 e. The first kappa shape index (κ1) is 15.5. The smallest absolute Gasteiger partial charge is 0.245 e. The van der Waals surface area contributed by atoms with Gasteiger partial charge < -0.3 is 10.2 Å². The zero-order valence-corrected chi connectivity index (χ0v) is 13.1. The summed E-state index contributed by atoms with van der Waals surface area (Å²) in [5.74, 6) is 0.249. The number of hydrogen-bond donors (Lipinski definition) is 1. The molecule has 114 valence electrons. The van der Waals surface area contributed by atoms with Gasteiger partial charge in [-0.05, 0) is 30.4 Å². The van der Waals surface area contributed by atoms with Crippen LogP contribution in [0.4, 0.5) is 0 Å². The Labute approximate surface area is 126 Å². The van der Waals surface area contributed by atoms with Crippen molar-refractivity contribution >= 4 is 11.8 Å². The number of benzene rings is 1. The molecule has 1 N–H and O–H groups in total. The molecule has 0 saturated carbocycles. The van der Waals surface area contributed by atoms with Gasteiger partial charge in [-0.3, -0.25) is 9.59 Å². The van der Waals surface area contributed by atoms with Crippen molar-refractivity contribution in [3.05, 3.63) is 35.4 Å². The van der Waals surface area contributed by atoms with Crippen molar-refractivity contribution in [3.8, 4) is 0 Å². The summed E-state index contributed by atoms with van der Waals surface area (Å²) in [6.45, 7) is 7.11. The third-order valence-electron chi connectivity index (χ3n) is 3.78. The molecule has 1 aromatic carbocycles. The molecule has 1 aromatic rings. The highest BCUT2D eigenvalue weighted by Crippen LogP contribution is 2.19. The second-order valence-electron chi connectivity index (χ2n) is 6.17. The van der Waals surface area contributed by atoms with Crippen molar-refractivity contribution in [2.45, 2.75) is 46.2 Å². The lowest BCUT2D eigenvalue weighted by atomic mass is 9.99. The molecule has 0 aliphatic carbocycles. The van der Waals surface area contributed by atoms with E-state index < -0.39 is 6.04 Å². The molecule has 1 atom stereocenters. The monoisotopic (exact) mass is 288 g/mol. The van der Waals surface area contributed by atoms with Crippen LogP contribution in [-0.2, 0) is 22.6 Å². The number of nitrogens with one attached hydrogen (secondary N) is 1. The van der Waals surface area contributed by atoms with Gasteiger partial charge in [-0.15, -0.1) is 0 Å². The van der Waals surface area contributed by atoms with E-state index in [0.29, 0.717) is 18.9 Å². The summed E-state index contributed by atoms with van der Waals surface area (Å²) in [6, 6.07) is 7.76. The molecule has 0 radical (unpaired) electrons. The minimum atomic E-state index is -0.457. The third-order valence-corrected chi connectivity index (χ3v) is 3.78. The van der Waals surface area contributed by atoms with Crippen molar-refractivity contribution in [1.29, 1.82) is 0 Å². The van der Waals surface area contributed by atoms with E-state index in [2.05, 4.69) is 17.4 Å². The minimum absolute atomic E-state index is 0.00149. The lowest BCUT2D eigenvalue weighted by molar-refractivity contribution is -0.136. The van der Waals surface area contributed by atoms with Gasteiger partial charge in [0.05, 0.1) is 0 Å². The molecule has 2 rings (SSSR count). The number of amides is 2. The van der Waals surface area contributed by atoms with Crippen LogP contribution < -0.4 is 5.32 Å². The van der Waals surface area contributed by atoms with E-state index in [-0.39, 0.29) is 11.8 Å². The van der Waals surface area contributed by atoms with Gasteiger partial charge in [-0.1, -0.05) is 38.1 Å². The van der Waals surface area contributed by atoms with Gasteiger partial charge in [-0.2, -0.15) is 0 Å². The number of carbonyl (C=O) groups is 2. The Morgan fingerprint density at radius 2 is 1.86 bits per heavy atom. The molecule has 0 bridgehead atoms. The first-order chi connectivity index (χ1) is 9.97. The van der Waals surface area contributed by atoms with Gasteiger partial charge in [0.2, 0.25) is 11.8 Å². The van der Waals surface area contributed by atoms with Crippen LogP contribution in [0.1, 0.15) is 38.3 Å². The summed E-state index contributed by atoms with van der Waals surface area (Å²) >= 11 is 0. The van der Waals surface area contributed by atoms with E-state index in [4.69, 9.17) is 0 Å². The largest absolute Gasteiger partial charge is 0.345 e. The molecule has 0 saturated heterocycles. The molecule has 0 spiro atoms. The highest BCUT2D eigenvalue weighted by Gasteiger charge is 2.25. The average Bonchev–Trinajstić information content (AvgIpc) is 2.45. The van der Waals surface area contributed by atoms with Gasteiger partial charge in [0.1, 0.15) is 6.04 Å². The van der Waals surface area contributed by atoms with Gasteiger partial charge in [0, 0.05) is 19.5 Å². The fraction of sp³-hybridized carbons (Fsp3) is 0.529. The molecule has 4 heteroatoms. The summed E-state index contributed by atoms with van der Waals surface area (Å²) in [7, 11) is 0. The van der Waals surface area contributed by atoms with Gasteiger partial charge in [-0.25, -0.2) is 0 Å². The third kappa shape index (κ3) is 4.06. The molecule has 2 amide bonds. The Bertz CT molecular complexity index is 525. The van der Waals surface area contributed by atoms with Crippen LogP contribution in [-0.4, -0.2) is 29.3 Å². The molecule has 1 aliphatic rings. The van der Waals surface area contributed by atoms with Gasteiger partial charge >= 0.3 is 0 Å². The SMILES string of the molecule is CC(C)CC(=O)N[C@@H](C)C(=O)N1CCc2ccccc2C1. The normalized spacial score (nSPS) is 15.5.